The fourth-order valence-electron chi connectivity index (χ4n) is 2.23. The lowest BCUT2D eigenvalue weighted by Gasteiger charge is -2.06. The lowest BCUT2D eigenvalue weighted by Crippen LogP contribution is -2.07. The summed E-state index contributed by atoms with van der Waals surface area (Å²) >= 11 is 0. The van der Waals surface area contributed by atoms with Gasteiger partial charge in [0.15, 0.2) is 6.29 Å². The van der Waals surface area contributed by atoms with Crippen LogP contribution in [0.25, 0.3) is 10.9 Å². The normalized spacial score (nSPS) is 10.9. The van der Waals surface area contributed by atoms with Gasteiger partial charge in [-0.1, -0.05) is 32.0 Å². The van der Waals surface area contributed by atoms with Gasteiger partial charge in [-0.15, -0.1) is 0 Å². The second-order valence-electron chi connectivity index (χ2n) is 4.68. The van der Waals surface area contributed by atoms with Crippen LogP contribution < -0.4 is 0 Å². The minimum Gasteiger partial charge on any atom is -0.461 e. The topological polar surface area (TPSA) is 59.2 Å². The number of esters is 1. The number of para-hydroxylation sites is 1. The van der Waals surface area contributed by atoms with E-state index in [-0.39, 0.29) is 12.3 Å². The van der Waals surface area contributed by atoms with E-state index in [4.69, 9.17) is 4.74 Å². The van der Waals surface area contributed by atoms with Gasteiger partial charge in [-0.05, 0) is 18.4 Å². The Morgan fingerprint density at radius 3 is 2.74 bits per heavy atom. The zero-order valence-electron chi connectivity index (χ0n) is 11.3. The van der Waals surface area contributed by atoms with Gasteiger partial charge < -0.3 is 9.72 Å². The highest BCUT2D eigenvalue weighted by Gasteiger charge is 2.20. The molecule has 100 valence electrons. The fourth-order valence-corrected chi connectivity index (χ4v) is 2.23. The standard InChI is InChI=1S/C15H17NO3/c1-4-19-15(18)14-12(8-17)11-7-5-6-10(9(2)3)13(11)16-14/h5-9,16H,4H2,1-3H3. The number of hydrogen-bond acceptors (Lipinski definition) is 3. The third-order valence-electron chi connectivity index (χ3n) is 3.13. The Morgan fingerprint density at radius 2 is 2.16 bits per heavy atom. The SMILES string of the molecule is CCOC(=O)c1[nH]c2c(C(C)C)cccc2c1C=O. The number of ether oxygens (including phenoxy) is 1. The van der Waals surface area contributed by atoms with E-state index in [1.807, 2.05) is 18.2 Å². The first-order chi connectivity index (χ1) is 9.10. The van der Waals surface area contributed by atoms with Crippen molar-refractivity contribution in [1.29, 1.82) is 0 Å². The maximum atomic E-state index is 11.9. The summed E-state index contributed by atoms with van der Waals surface area (Å²) in [7, 11) is 0. The molecule has 0 fully saturated rings. The van der Waals surface area contributed by atoms with Gasteiger partial charge in [-0.3, -0.25) is 4.79 Å². The molecule has 4 heteroatoms. The first kappa shape index (κ1) is 13.3. The van der Waals surface area contributed by atoms with E-state index in [1.54, 1.807) is 6.92 Å². The number of carbonyl (C=O) groups excluding carboxylic acids is 2. The van der Waals surface area contributed by atoms with Crippen LogP contribution in [-0.4, -0.2) is 23.8 Å². The number of hydrogen-bond donors (Lipinski definition) is 1. The van der Waals surface area contributed by atoms with Crippen LogP contribution in [0.1, 0.15) is 53.1 Å². The second-order valence-corrected chi connectivity index (χ2v) is 4.68. The zero-order valence-corrected chi connectivity index (χ0v) is 11.3. The molecule has 1 aromatic carbocycles. The Bertz CT molecular complexity index is 626. The second kappa shape index (κ2) is 5.26. The van der Waals surface area contributed by atoms with E-state index >= 15 is 0 Å². The van der Waals surface area contributed by atoms with Crippen molar-refractivity contribution in [2.75, 3.05) is 6.61 Å². The van der Waals surface area contributed by atoms with Crippen molar-refractivity contribution in [3.63, 3.8) is 0 Å². The Morgan fingerprint density at radius 1 is 1.42 bits per heavy atom. The summed E-state index contributed by atoms with van der Waals surface area (Å²) < 4.78 is 4.97. The van der Waals surface area contributed by atoms with Gasteiger partial charge in [0.25, 0.3) is 0 Å². The van der Waals surface area contributed by atoms with E-state index in [1.165, 1.54) is 0 Å². The molecule has 2 rings (SSSR count). The van der Waals surface area contributed by atoms with Gasteiger partial charge in [0.1, 0.15) is 5.69 Å². The largest absolute Gasteiger partial charge is 0.461 e. The monoisotopic (exact) mass is 259 g/mol. The highest BCUT2D eigenvalue weighted by molar-refractivity contribution is 6.08. The van der Waals surface area contributed by atoms with E-state index < -0.39 is 5.97 Å². The van der Waals surface area contributed by atoms with Crippen LogP contribution in [-0.2, 0) is 4.74 Å². The molecule has 2 aromatic rings. The van der Waals surface area contributed by atoms with Crippen molar-refractivity contribution in [1.82, 2.24) is 4.98 Å². The quantitative estimate of drug-likeness (QED) is 0.677. The molecule has 1 aromatic heterocycles. The number of rotatable bonds is 4. The molecule has 0 spiro atoms. The number of H-pyrrole nitrogens is 1. The summed E-state index contributed by atoms with van der Waals surface area (Å²) in [5, 5.41) is 0.768. The summed E-state index contributed by atoms with van der Waals surface area (Å²) in [6, 6.07) is 5.73. The zero-order chi connectivity index (χ0) is 14.0. The molecule has 0 bridgehead atoms. The summed E-state index contributed by atoms with van der Waals surface area (Å²) in [5.74, 6) is -0.188. The van der Waals surface area contributed by atoms with Gasteiger partial charge >= 0.3 is 5.97 Å². The lowest BCUT2D eigenvalue weighted by atomic mass is 10.00. The Hall–Kier alpha value is -2.10. The van der Waals surface area contributed by atoms with Gasteiger partial charge in [0, 0.05) is 5.39 Å². The number of aldehydes is 1. The maximum Gasteiger partial charge on any atom is 0.355 e. The summed E-state index contributed by atoms with van der Waals surface area (Å²) in [6.45, 7) is 6.16. The van der Waals surface area contributed by atoms with Crippen LogP contribution in [0, 0.1) is 0 Å². The van der Waals surface area contributed by atoms with Crippen LogP contribution in [0.3, 0.4) is 0 Å². The molecule has 0 aliphatic carbocycles. The number of benzene rings is 1. The molecule has 1 N–H and O–H groups in total. The summed E-state index contributed by atoms with van der Waals surface area (Å²) in [6.07, 6.45) is 0.704. The van der Waals surface area contributed by atoms with Gasteiger partial charge in [0.05, 0.1) is 17.7 Å². The Labute approximate surface area is 111 Å². The van der Waals surface area contributed by atoms with Crippen molar-refractivity contribution in [2.45, 2.75) is 26.7 Å². The van der Waals surface area contributed by atoms with Crippen molar-refractivity contribution >= 4 is 23.2 Å². The molecule has 0 saturated carbocycles. The molecule has 0 aliphatic heterocycles. The van der Waals surface area contributed by atoms with E-state index in [0.29, 0.717) is 17.8 Å². The minimum absolute atomic E-state index is 0.236. The summed E-state index contributed by atoms with van der Waals surface area (Å²) in [5.41, 5.74) is 2.52. The Balaban J connectivity index is 2.70. The highest BCUT2D eigenvalue weighted by Crippen LogP contribution is 2.28. The number of fused-ring (bicyclic) bond motifs is 1. The third kappa shape index (κ3) is 2.26. The van der Waals surface area contributed by atoms with E-state index in [0.717, 1.165) is 16.5 Å². The predicted octanol–water partition coefficient (Wildman–Crippen LogP) is 3.28. The first-order valence-corrected chi connectivity index (χ1v) is 6.37. The van der Waals surface area contributed by atoms with E-state index in [2.05, 4.69) is 18.8 Å². The van der Waals surface area contributed by atoms with Gasteiger partial charge in [-0.25, -0.2) is 4.79 Å². The van der Waals surface area contributed by atoms with Gasteiger partial charge in [-0.2, -0.15) is 0 Å². The van der Waals surface area contributed by atoms with Crippen molar-refractivity contribution < 1.29 is 14.3 Å². The Kier molecular flexibility index (Phi) is 3.69. The molecule has 0 aliphatic rings. The number of nitrogens with one attached hydrogen (secondary N) is 1. The number of carbonyl (C=O) groups is 2. The van der Waals surface area contributed by atoms with Crippen molar-refractivity contribution in [2.24, 2.45) is 0 Å². The molecule has 0 amide bonds. The average Bonchev–Trinajstić information content (AvgIpc) is 2.76. The molecule has 0 atom stereocenters. The van der Waals surface area contributed by atoms with Crippen molar-refractivity contribution in [3.8, 4) is 0 Å². The number of aromatic nitrogens is 1. The molecule has 1 heterocycles. The molecule has 0 unspecified atom stereocenters. The minimum atomic E-state index is -0.490. The molecule has 0 radical (unpaired) electrons. The molecular formula is C15H17NO3. The highest BCUT2D eigenvalue weighted by atomic mass is 16.5. The smallest absolute Gasteiger partial charge is 0.355 e. The van der Waals surface area contributed by atoms with Crippen LogP contribution in [0.4, 0.5) is 0 Å². The van der Waals surface area contributed by atoms with Crippen molar-refractivity contribution in [3.05, 3.63) is 35.0 Å². The maximum absolute atomic E-state index is 11.9. The molecule has 19 heavy (non-hydrogen) atoms. The third-order valence-corrected chi connectivity index (χ3v) is 3.13. The van der Waals surface area contributed by atoms with Crippen LogP contribution in [0.5, 0.6) is 0 Å². The van der Waals surface area contributed by atoms with Gasteiger partial charge in [0.2, 0.25) is 0 Å². The number of aromatic amines is 1. The summed E-state index contributed by atoms with van der Waals surface area (Å²) in [4.78, 5) is 26.2. The molecule has 0 saturated heterocycles. The van der Waals surface area contributed by atoms with Crippen LogP contribution in [0.15, 0.2) is 18.2 Å². The van der Waals surface area contributed by atoms with Crippen LogP contribution >= 0.6 is 0 Å². The average molecular weight is 259 g/mol. The molecular weight excluding hydrogens is 242 g/mol. The predicted molar refractivity (Wildman–Crippen MR) is 73.7 cm³/mol. The van der Waals surface area contributed by atoms with Crippen LogP contribution in [0.2, 0.25) is 0 Å². The lowest BCUT2D eigenvalue weighted by molar-refractivity contribution is 0.0518. The van der Waals surface area contributed by atoms with E-state index in [9.17, 15) is 9.59 Å². The fraction of sp³-hybridized carbons (Fsp3) is 0.333. The first-order valence-electron chi connectivity index (χ1n) is 6.37. The molecule has 4 nitrogen and oxygen atoms in total.